The maximum absolute atomic E-state index is 13.4. The third kappa shape index (κ3) is 5.79. The fourth-order valence-corrected chi connectivity index (χ4v) is 5.77. The van der Waals surface area contributed by atoms with Crippen molar-refractivity contribution in [2.24, 2.45) is 0 Å². The Labute approximate surface area is 185 Å². The number of carbonyl (C=O) groups is 1. The van der Waals surface area contributed by atoms with Crippen LogP contribution in [0.1, 0.15) is 43.1 Å². The van der Waals surface area contributed by atoms with E-state index in [4.69, 9.17) is 4.74 Å². The fraction of sp³-hybridized carbons (Fsp3) is 0.458. The number of ether oxygens (including phenoxy) is 1. The van der Waals surface area contributed by atoms with Crippen LogP contribution in [0.25, 0.3) is 0 Å². The summed E-state index contributed by atoms with van der Waals surface area (Å²) in [7, 11) is -3.12. The van der Waals surface area contributed by atoms with Crippen molar-refractivity contribution in [3.63, 3.8) is 0 Å². The van der Waals surface area contributed by atoms with Crippen LogP contribution in [0.2, 0.25) is 0 Å². The molecule has 0 spiro atoms. The first-order chi connectivity index (χ1) is 14.9. The lowest BCUT2D eigenvalue weighted by Crippen LogP contribution is -2.40. The van der Waals surface area contributed by atoms with E-state index >= 15 is 0 Å². The summed E-state index contributed by atoms with van der Waals surface area (Å²) < 4.78 is 29.8. The molecular formula is C24H32N2O4S. The highest BCUT2D eigenvalue weighted by Gasteiger charge is 2.35. The molecule has 0 radical (unpaired) electrons. The third-order valence-corrected chi connectivity index (χ3v) is 7.47. The molecule has 0 saturated carbocycles. The van der Waals surface area contributed by atoms with Gasteiger partial charge in [0.2, 0.25) is 0 Å². The first-order valence-corrected chi connectivity index (χ1v) is 12.8. The number of sulfone groups is 1. The van der Waals surface area contributed by atoms with Crippen LogP contribution >= 0.6 is 0 Å². The summed E-state index contributed by atoms with van der Waals surface area (Å²) in [6.45, 7) is 8.88. The summed E-state index contributed by atoms with van der Waals surface area (Å²) in [4.78, 5) is 17.4. The first-order valence-electron chi connectivity index (χ1n) is 10.9. The molecule has 1 fully saturated rings. The molecule has 0 N–H and O–H groups in total. The molecule has 1 aliphatic rings. The lowest BCUT2D eigenvalue weighted by atomic mass is 10.1. The van der Waals surface area contributed by atoms with Gasteiger partial charge >= 0.3 is 0 Å². The van der Waals surface area contributed by atoms with Gasteiger partial charge in [-0.15, -0.1) is 0 Å². The van der Waals surface area contributed by atoms with Crippen molar-refractivity contribution in [2.75, 3.05) is 36.1 Å². The van der Waals surface area contributed by atoms with Gasteiger partial charge in [0.15, 0.2) is 9.84 Å². The molecule has 0 aromatic heterocycles. The standard InChI is InChI=1S/C24H32N2O4S/c1-4-25(5-2)21-12-10-19(11-13-21)17-26(22-14-15-31(28,29)18-22)24(27)20-8-7-9-23(16-20)30-6-3/h7-13,16,22H,4-6,14-15,17-18H2,1-3H3. The van der Waals surface area contributed by atoms with Gasteiger partial charge in [-0.1, -0.05) is 18.2 Å². The Balaban J connectivity index is 1.86. The number of rotatable bonds is 9. The molecule has 7 heteroatoms. The van der Waals surface area contributed by atoms with E-state index in [1.165, 1.54) is 0 Å². The minimum atomic E-state index is -3.12. The summed E-state index contributed by atoms with van der Waals surface area (Å²) in [5.74, 6) is 0.607. The molecule has 3 rings (SSSR count). The number of hydrogen-bond acceptors (Lipinski definition) is 5. The smallest absolute Gasteiger partial charge is 0.254 e. The van der Waals surface area contributed by atoms with E-state index in [0.29, 0.717) is 30.9 Å². The Hall–Kier alpha value is -2.54. The number of anilines is 1. The number of nitrogens with zero attached hydrogens (tertiary/aromatic N) is 2. The van der Waals surface area contributed by atoms with E-state index in [-0.39, 0.29) is 23.5 Å². The van der Waals surface area contributed by atoms with Crippen LogP contribution in [0.15, 0.2) is 48.5 Å². The van der Waals surface area contributed by atoms with E-state index < -0.39 is 9.84 Å². The molecule has 2 aromatic carbocycles. The minimum absolute atomic E-state index is 0.0153. The molecule has 2 aromatic rings. The molecule has 1 heterocycles. The van der Waals surface area contributed by atoms with E-state index in [1.54, 1.807) is 23.1 Å². The van der Waals surface area contributed by atoms with E-state index in [9.17, 15) is 13.2 Å². The number of benzene rings is 2. The highest BCUT2D eigenvalue weighted by atomic mass is 32.2. The average Bonchev–Trinajstić information content (AvgIpc) is 3.13. The topological polar surface area (TPSA) is 66.9 Å². The lowest BCUT2D eigenvalue weighted by molar-refractivity contribution is 0.0680. The van der Waals surface area contributed by atoms with E-state index in [2.05, 4.69) is 30.9 Å². The lowest BCUT2D eigenvalue weighted by Gasteiger charge is -2.29. The molecule has 31 heavy (non-hydrogen) atoms. The molecular weight excluding hydrogens is 412 g/mol. The number of hydrogen-bond donors (Lipinski definition) is 0. The molecule has 1 atom stereocenters. The van der Waals surface area contributed by atoms with Crippen molar-refractivity contribution in [2.45, 2.75) is 39.8 Å². The van der Waals surface area contributed by atoms with Gasteiger partial charge in [-0.2, -0.15) is 0 Å². The van der Waals surface area contributed by atoms with Gasteiger partial charge < -0.3 is 14.5 Å². The molecule has 1 aliphatic heterocycles. The van der Waals surface area contributed by atoms with Gasteiger partial charge in [0, 0.05) is 36.9 Å². The predicted octanol–water partition coefficient (Wildman–Crippen LogP) is 3.76. The van der Waals surface area contributed by atoms with Gasteiger partial charge in [0.25, 0.3) is 5.91 Å². The van der Waals surface area contributed by atoms with Crippen molar-refractivity contribution in [1.82, 2.24) is 4.90 Å². The van der Waals surface area contributed by atoms with Crippen molar-refractivity contribution < 1.29 is 17.9 Å². The molecule has 1 amide bonds. The van der Waals surface area contributed by atoms with Crippen LogP contribution in [-0.4, -0.2) is 56.5 Å². The first kappa shape index (κ1) is 23.1. The molecule has 1 saturated heterocycles. The number of amides is 1. The Morgan fingerprint density at radius 1 is 1.06 bits per heavy atom. The van der Waals surface area contributed by atoms with Crippen LogP contribution in [-0.2, 0) is 16.4 Å². The summed E-state index contributed by atoms with van der Waals surface area (Å²) in [5, 5.41) is 0. The normalized spacial score (nSPS) is 17.3. The van der Waals surface area contributed by atoms with Gasteiger partial charge in [-0.25, -0.2) is 8.42 Å². The summed E-state index contributed by atoms with van der Waals surface area (Å²) >= 11 is 0. The van der Waals surface area contributed by atoms with Gasteiger partial charge in [-0.3, -0.25) is 4.79 Å². The van der Waals surface area contributed by atoms with Crippen molar-refractivity contribution in [1.29, 1.82) is 0 Å². The van der Waals surface area contributed by atoms with Crippen molar-refractivity contribution in [3.8, 4) is 5.75 Å². The monoisotopic (exact) mass is 444 g/mol. The number of carbonyl (C=O) groups excluding carboxylic acids is 1. The van der Waals surface area contributed by atoms with Crippen LogP contribution in [0, 0.1) is 0 Å². The minimum Gasteiger partial charge on any atom is -0.494 e. The zero-order valence-electron chi connectivity index (χ0n) is 18.6. The summed E-state index contributed by atoms with van der Waals surface area (Å²) in [6.07, 6.45) is 0.469. The molecule has 168 valence electrons. The highest BCUT2D eigenvalue weighted by molar-refractivity contribution is 7.91. The maximum atomic E-state index is 13.4. The second-order valence-electron chi connectivity index (χ2n) is 7.79. The molecule has 0 aliphatic carbocycles. The van der Waals surface area contributed by atoms with Crippen molar-refractivity contribution >= 4 is 21.4 Å². The van der Waals surface area contributed by atoms with E-state index in [0.717, 1.165) is 24.3 Å². The molecule has 0 bridgehead atoms. The zero-order chi connectivity index (χ0) is 22.4. The van der Waals surface area contributed by atoms with Crippen LogP contribution < -0.4 is 9.64 Å². The van der Waals surface area contributed by atoms with E-state index in [1.807, 2.05) is 25.1 Å². The van der Waals surface area contributed by atoms with Crippen LogP contribution in [0.3, 0.4) is 0 Å². The van der Waals surface area contributed by atoms with Gasteiger partial charge in [-0.05, 0) is 63.1 Å². The second kappa shape index (κ2) is 10.2. The van der Waals surface area contributed by atoms with Crippen LogP contribution in [0.4, 0.5) is 5.69 Å². The largest absolute Gasteiger partial charge is 0.494 e. The maximum Gasteiger partial charge on any atom is 0.254 e. The Morgan fingerprint density at radius 3 is 2.35 bits per heavy atom. The SMILES string of the molecule is CCOc1cccc(C(=O)N(Cc2ccc(N(CC)CC)cc2)C2CCS(=O)(=O)C2)c1. The molecule has 1 unspecified atom stereocenters. The highest BCUT2D eigenvalue weighted by Crippen LogP contribution is 2.25. The van der Waals surface area contributed by atoms with Gasteiger partial charge in [0.1, 0.15) is 5.75 Å². The quantitative estimate of drug-likeness (QED) is 0.589. The summed E-state index contributed by atoms with van der Waals surface area (Å²) in [6, 6.07) is 14.9. The Bertz CT molecular complexity index is 985. The Kier molecular flexibility index (Phi) is 7.59. The van der Waals surface area contributed by atoms with Crippen molar-refractivity contribution in [3.05, 3.63) is 59.7 Å². The fourth-order valence-electron chi connectivity index (χ4n) is 4.04. The zero-order valence-corrected chi connectivity index (χ0v) is 19.4. The third-order valence-electron chi connectivity index (χ3n) is 5.72. The second-order valence-corrected chi connectivity index (χ2v) is 10.0. The average molecular weight is 445 g/mol. The predicted molar refractivity (Wildman–Crippen MR) is 125 cm³/mol. The van der Waals surface area contributed by atoms with Crippen LogP contribution in [0.5, 0.6) is 5.75 Å². The summed E-state index contributed by atoms with van der Waals surface area (Å²) in [5.41, 5.74) is 2.63. The molecule has 6 nitrogen and oxygen atoms in total. The van der Waals surface area contributed by atoms with Gasteiger partial charge in [0.05, 0.1) is 18.1 Å². The Morgan fingerprint density at radius 2 is 1.77 bits per heavy atom.